The van der Waals surface area contributed by atoms with Crippen molar-refractivity contribution in [2.24, 2.45) is 0 Å². The second-order valence-corrected chi connectivity index (χ2v) is 13.4. The number of hydrogen-bond acceptors (Lipinski definition) is 6. The lowest BCUT2D eigenvalue weighted by Gasteiger charge is -2.18. The number of ether oxygens (including phenoxy) is 1. The number of carboxylic acid groups (broad SMARTS) is 1. The number of aliphatic hydroxyl groups excluding tert-OH is 1. The van der Waals surface area contributed by atoms with Crippen molar-refractivity contribution in [3.05, 3.63) is 24.3 Å². The lowest BCUT2D eigenvalue weighted by molar-refractivity contribution is -0.150. The number of aliphatic carboxylic acids is 1. The maximum absolute atomic E-state index is 12.6. The zero-order valence-electron chi connectivity index (χ0n) is 31.2. The molecule has 0 aliphatic rings. The van der Waals surface area contributed by atoms with E-state index in [1.165, 1.54) is 89.9 Å². The number of esters is 1. The Bertz CT molecular complexity index is 890. The summed E-state index contributed by atoms with van der Waals surface area (Å²) in [6.07, 6.45) is 36.5. The normalized spacial score (nSPS) is 12.7. The second kappa shape index (κ2) is 35.2. The first kappa shape index (κ1) is 46.3. The summed E-state index contributed by atoms with van der Waals surface area (Å²) in [6.45, 7) is 3.40. The molecule has 4 N–H and O–H groups in total. The van der Waals surface area contributed by atoms with E-state index < -0.39 is 24.5 Å². The van der Waals surface area contributed by atoms with Crippen LogP contribution in [0.3, 0.4) is 0 Å². The molecule has 0 saturated carbocycles. The zero-order valence-corrected chi connectivity index (χ0v) is 31.2. The van der Waals surface area contributed by atoms with E-state index in [-0.39, 0.29) is 30.9 Å². The van der Waals surface area contributed by atoms with Crippen molar-refractivity contribution in [3.8, 4) is 0 Å². The van der Waals surface area contributed by atoms with Crippen LogP contribution < -0.4 is 10.6 Å². The summed E-state index contributed by atoms with van der Waals surface area (Å²) in [4.78, 5) is 47.3. The van der Waals surface area contributed by atoms with Gasteiger partial charge in [0.05, 0.1) is 13.2 Å². The summed E-state index contributed by atoms with van der Waals surface area (Å²) in [6, 6.07) is -1.38. The van der Waals surface area contributed by atoms with Crippen LogP contribution in [0.4, 0.5) is 0 Å². The van der Waals surface area contributed by atoms with Crippen molar-refractivity contribution in [2.75, 3.05) is 13.2 Å². The Morgan fingerprint density at radius 1 is 0.612 bits per heavy atom. The van der Waals surface area contributed by atoms with E-state index >= 15 is 0 Å². The van der Waals surface area contributed by atoms with Crippen LogP contribution in [0.25, 0.3) is 0 Å². The maximum Gasteiger partial charge on any atom is 0.328 e. The van der Waals surface area contributed by atoms with Gasteiger partial charge in [0, 0.05) is 12.8 Å². The van der Waals surface area contributed by atoms with Crippen LogP contribution in [0.15, 0.2) is 24.3 Å². The number of nitrogens with one attached hydrogen (secondary N) is 2. The van der Waals surface area contributed by atoms with Gasteiger partial charge in [-0.2, -0.15) is 0 Å². The van der Waals surface area contributed by atoms with Crippen LogP contribution in [-0.2, 0) is 23.9 Å². The molecule has 2 amide bonds. The Morgan fingerprint density at radius 3 is 1.67 bits per heavy atom. The molecule has 0 saturated heterocycles. The highest BCUT2D eigenvalue weighted by atomic mass is 16.5. The fraction of sp³-hybridized carbons (Fsp3) is 0.800. The molecule has 0 aromatic carbocycles. The average Bonchev–Trinajstić information content (AvgIpc) is 3.08. The molecule has 9 nitrogen and oxygen atoms in total. The van der Waals surface area contributed by atoms with E-state index in [0.717, 1.165) is 57.8 Å². The predicted molar refractivity (Wildman–Crippen MR) is 199 cm³/mol. The van der Waals surface area contributed by atoms with E-state index in [9.17, 15) is 19.2 Å². The van der Waals surface area contributed by atoms with Crippen molar-refractivity contribution < 1.29 is 34.1 Å². The van der Waals surface area contributed by atoms with Crippen molar-refractivity contribution in [1.82, 2.24) is 10.6 Å². The van der Waals surface area contributed by atoms with Gasteiger partial charge in [0.15, 0.2) is 0 Å². The first-order chi connectivity index (χ1) is 23.8. The number of carboxylic acids is 1. The van der Waals surface area contributed by atoms with Crippen LogP contribution in [0.5, 0.6) is 0 Å². The van der Waals surface area contributed by atoms with Crippen molar-refractivity contribution in [1.29, 1.82) is 0 Å². The Hall–Kier alpha value is -2.68. The number of unbranched alkanes of at least 4 members (excludes halogenated alkanes) is 17. The van der Waals surface area contributed by atoms with E-state index in [1.54, 1.807) is 0 Å². The molecule has 49 heavy (non-hydrogen) atoms. The summed E-state index contributed by atoms with van der Waals surface area (Å²) in [5, 5.41) is 22.5. The zero-order chi connectivity index (χ0) is 36.2. The molecule has 284 valence electrons. The number of hydrogen-bond donors (Lipinski definition) is 4. The lowest BCUT2D eigenvalue weighted by Crippen LogP contribution is -2.47. The minimum atomic E-state index is -1.38. The molecule has 0 aliphatic heterocycles. The van der Waals surface area contributed by atoms with Crippen LogP contribution in [0, 0.1) is 0 Å². The van der Waals surface area contributed by atoms with E-state index in [0.29, 0.717) is 12.8 Å². The predicted octanol–water partition coefficient (Wildman–Crippen LogP) is 8.87. The number of carbonyl (C=O) groups is 4. The van der Waals surface area contributed by atoms with Crippen molar-refractivity contribution >= 4 is 23.8 Å². The first-order valence-electron chi connectivity index (χ1n) is 19.7. The summed E-state index contributed by atoms with van der Waals surface area (Å²) >= 11 is 0. The minimum absolute atomic E-state index is 0.0413. The molecule has 0 aliphatic carbocycles. The van der Waals surface area contributed by atoms with Crippen molar-refractivity contribution in [3.63, 3.8) is 0 Å². The van der Waals surface area contributed by atoms with Gasteiger partial charge < -0.3 is 25.6 Å². The number of allylic oxidation sites excluding steroid dienone is 4. The third-order valence-corrected chi connectivity index (χ3v) is 8.70. The number of aliphatic hydroxyl groups is 1. The van der Waals surface area contributed by atoms with E-state index in [1.807, 2.05) is 0 Å². The number of rotatable bonds is 35. The first-order valence-corrected chi connectivity index (χ1v) is 19.7. The Morgan fingerprint density at radius 2 is 1.10 bits per heavy atom. The smallest absolute Gasteiger partial charge is 0.328 e. The SMILES string of the molecule is CCCCC/C=C\C/C=C\CCCCCCCCCC(=O)OC(CCCCCCC)CCCCCCC(=O)NCC(=O)NC(CO)C(=O)O. The quantitative estimate of drug-likeness (QED) is 0.0295. The summed E-state index contributed by atoms with van der Waals surface area (Å²) in [5.41, 5.74) is 0. The van der Waals surface area contributed by atoms with Gasteiger partial charge in [-0.15, -0.1) is 0 Å². The highest BCUT2D eigenvalue weighted by molar-refractivity contribution is 5.87. The average molecular weight is 693 g/mol. The molecule has 0 aromatic rings. The van der Waals surface area contributed by atoms with E-state index in [4.69, 9.17) is 14.9 Å². The van der Waals surface area contributed by atoms with Gasteiger partial charge in [-0.05, 0) is 70.6 Å². The fourth-order valence-corrected chi connectivity index (χ4v) is 5.63. The molecule has 2 unspecified atom stereocenters. The van der Waals surface area contributed by atoms with Gasteiger partial charge in [-0.3, -0.25) is 14.4 Å². The molecule has 0 aromatic heterocycles. The van der Waals surface area contributed by atoms with E-state index in [2.05, 4.69) is 48.8 Å². The molecular weight excluding hydrogens is 620 g/mol. The fourth-order valence-electron chi connectivity index (χ4n) is 5.63. The Labute approximate surface area is 298 Å². The molecule has 0 fully saturated rings. The third kappa shape index (κ3) is 32.3. The van der Waals surface area contributed by atoms with Crippen molar-refractivity contribution in [2.45, 2.75) is 193 Å². The highest BCUT2D eigenvalue weighted by Gasteiger charge is 2.19. The Kier molecular flexibility index (Phi) is 33.2. The molecule has 0 heterocycles. The standard InChI is InChI=1S/C40H72N2O7/c1-3-5-7-9-10-11-12-13-14-15-16-17-18-19-20-22-28-32-39(46)49-35(29-25-21-8-6-4-2)30-26-23-24-27-31-37(44)41-33-38(45)42-36(34-43)40(47)48/h10-11,13-14,35-36,43H,3-9,12,15-34H2,1-2H3,(H,41,44)(H,42,45)(H,47,48)/b11-10-,14-13-. The third-order valence-electron chi connectivity index (χ3n) is 8.70. The lowest BCUT2D eigenvalue weighted by atomic mass is 10.0. The minimum Gasteiger partial charge on any atom is -0.480 e. The largest absolute Gasteiger partial charge is 0.480 e. The Balaban J connectivity index is 4.08. The van der Waals surface area contributed by atoms with Crippen LogP contribution in [0.1, 0.15) is 181 Å². The topological polar surface area (TPSA) is 142 Å². The summed E-state index contributed by atoms with van der Waals surface area (Å²) < 4.78 is 5.93. The highest BCUT2D eigenvalue weighted by Crippen LogP contribution is 2.18. The van der Waals surface area contributed by atoms with Gasteiger partial charge in [-0.25, -0.2) is 4.79 Å². The van der Waals surface area contributed by atoms with Gasteiger partial charge in [-0.1, -0.05) is 122 Å². The summed E-state index contributed by atoms with van der Waals surface area (Å²) in [7, 11) is 0. The monoisotopic (exact) mass is 693 g/mol. The molecule has 0 radical (unpaired) electrons. The molecular formula is C40H72N2O7. The van der Waals surface area contributed by atoms with Crippen LogP contribution in [-0.4, -0.2) is 59.3 Å². The van der Waals surface area contributed by atoms with Gasteiger partial charge in [0.2, 0.25) is 11.8 Å². The van der Waals surface area contributed by atoms with Gasteiger partial charge in [0.1, 0.15) is 12.1 Å². The van der Waals surface area contributed by atoms with Gasteiger partial charge in [0.25, 0.3) is 0 Å². The molecule has 0 rings (SSSR count). The number of amides is 2. The molecule has 0 bridgehead atoms. The summed E-state index contributed by atoms with van der Waals surface area (Å²) in [5.74, 6) is -2.34. The van der Waals surface area contributed by atoms with Crippen LogP contribution in [0.2, 0.25) is 0 Å². The molecule has 0 spiro atoms. The second-order valence-electron chi connectivity index (χ2n) is 13.4. The molecule has 2 atom stereocenters. The van der Waals surface area contributed by atoms with Gasteiger partial charge >= 0.3 is 11.9 Å². The maximum atomic E-state index is 12.6. The molecule has 9 heteroatoms. The van der Waals surface area contributed by atoms with Crippen LogP contribution >= 0.6 is 0 Å². The number of carbonyl (C=O) groups excluding carboxylic acids is 3.